The van der Waals surface area contributed by atoms with Gasteiger partial charge >= 0.3 is 0 Å². The SMILES string of the molecule is CCO[C@@H]1C[C@@H]1C(=O)Nc1cc(C(N)=O)ccc1C. The molecule has 2 amide bonds. The van der Waals surface area contributed by atoms with Gasteiger partial charge in [0, 0.05) is 17.9 Å². The Balaban J connectivity index is 2.05. The Morgan fingerprint density at radius 3 is 2.84 bits per heavy atom. The van der Waals surface area contributed by atoms with Crippen molar-refractivity contribution in [1.29, 1.82) is 0 Å². The van der Waals surface area contributed by atoms with E-state index in [-0.39, 0.29) is 17.9 Å². The van der Waals surface area contributed by atoms with Crippen LogP contribution in [0.4, 0.5) is 5.69 Å². The summed E-state index contributed by atoms with van der Waals surface area (Å²) in [5.41, 5.74) is 7.14. The summed E-state index contributed by atoms with van der Waals surface area (Å²) in [6, 6.07) is 5.02. The minimum absolute atomic E-state index is 0.0321. The van der Waals surface area contributed by atoms with Gasteiger partial charge in [0.05, 0.1) is 12.0 Å². The Labute approximate surface area is 112 Å². The van der Waals surface area contributed by atoms with E-state index < -0.39 is 5.91 Å². The number of aryl methyl sites for hydroxylation is 1. The molecule has 5 heteroatoms. The molecule has 1 aliphatic rings. The van der Waals surface area contributed by atoms with E-state index in [1.165, 1.54) is 0 Å². The molecule has 0 radical (unpaired) electrons. The highest BCUT2D eigenvalue weighted by Gasteiger charge is 2.44. The standard InChI is InChI=1S/C14H18N2O3/c1-3-19-12-7-10(12)14(18)16-11-6-9(13(15)17)5-4-8(11)2/h4-6,10,12H,3,7H2,1-2H3,(H2,15,17)(H,16,18)/t10-,12+/m0/s1. The first kappa shape index (κ1) is 13.5. The van der Waals surface area contributed by atoms with Gasteiger partial charge in [-0.05, 0) is 38.0 Å². The number of anilines is 1. The van der Waals surface area contributed by atoms with Crippen molar-refractivity contribution in [2.75, 3.05) is 11.9 Å². The number of carbonyl (C=O) groups excluding carboxylic acids is 2. The normalized spacial score (nSPS) is 20.9. The van der Waals surface area contributed by atoms with Crippen molar-refractivity contribution < 1.29 is 14.3 Å². The molecule has 0 aromatic heterocycles. The monoisotopic (exact) mass is 262 g/mol. The van der Waals surface area contributed by atoms with Crippen LogP contribution in [-0.4, -0.2) is 24.5 Å². The molecule has 0 heterocycles. The Morgan fingerprint density at radius 1 is 1.47 bits per heavy atom. The number of ether oxygens (including phenoxy) is 1. The summed E-state index contributed by atoms with van der Waals surface area (Å²) in [4.78, 5) is 23.1. The van der Waals surface area contributed by atoms with Gasteiger partial charge in [0.2, 0.25) is 11.8 Å². The lowest BCUT2D eigenvalue weighted by Crippen LogP contribution is -2.18. The first-order chi connectivity index (χ1) is 9.02. The number of nitrogens with one attached hydrogen (secondary N) is 1. The summed E-state index contributed by atoms with van der Waals surface area (Å²) in [6.45, 7) is 4.39. The van der Waals surface area contributed by atoms with E-state index in [0.717, 1.165) is 12.0 Å². The summed E-state index contributed by atoms with van der Waals surface area (Å²) >= 11 is 0. The van der Waals surface area contributed by atoms with Gasteiger partial charge in [-0.15, -0.1) is 0 Å². The second-order valence-electron chi connectivity index (χ2n) is 4.72. The lowest BCUT2D eigenvalue weighted by atomic mass is 10.1. The van der Waals surface area contributed by atoms with Crippen LogP contribution in [0.2, 0.25) is 0 Å². The predicted molar refractivity (Wildman–Crippen MR) is 71.8 cm³/mol. The average molecular weight is 262 g/mol. The van der Waals surface area contributed by atoms with E-state index in [2.05, 4.69) is 5.32 Å². The van der Waals surface area contributed by atoms with E-state index in [4.69, 9.17) is 10.5 Å². The van der Waals surface area contributed by atoms with Crippen LogP contribution in [0.3, 0.4) is 0 Å². The molecule has 2 rings (SSSR count). The van der Waals surface area contributed by atoms with E-state index in [0.29, 0.717) is 17.9 Å². The zero-order valence-corrected chi connectivity index (χ0v) is 11.1. The third-order valence-corrected chi connectivity index (χ3v) is 3.23. The number of rotatable bonds is 5. The topological polar surface area (TPSA) is 81.4 Å². The molecule has 1 aromatic rings. The van der Waals surface area contributed by atoms with Crippen LogP contribution in [0.25, 0.3) is 0 Å². The first-order valence-corrected chi connectivity index (χ1v) is 6.35. The van der Waals surface area contributed by atoms with Crippen molar-refractivity contribution in [1.82, 2.24) is 0 Å². The van der Waals surface area contributed by atoms with E-state index in [1.807, 2.05) is 13.8 Å². The highest BCUT2D eigenvalue weighted by molar-refractivity contribution is 5.98. The number of primary amides is 1. The van der Waals surface area contributed by atoms with Gasteiger partial charge in [0.1, 0.15) is 0 Å². The van der Waals surface area contributed by atoms with Gasteiger partial charge in [-0.1, -0.05) is 6.07 Å². The molecule has 19 heavy (non-hydrogen) atoms. The second kappa shape index (κ2) is 5.40. The van der Waals surface area contributed by atoms with Crippen molar-refractivity contribution in [2.45, 2.75) is 26.4 Å². The minimum atomic E-state index is -0.505. The smallest absolute Gasteiger partial charge is 0.248 e. The van der Waals surface area contributed by atoms with Crippen LogP contribution in [0.15, 0.2) is 18.2 Å². The third kappa shape index (κ3) is 3.12. The van der Waals surface area contributed by atoms with Gasteiger partial charge in [0.25, 0.3) is 0 Å². The molecule has 0 unspecified atom stereocenters. The summed E-state index contributed by atoms with van der Waals surface area (Å²) in [5.74, 6) is -0.658. The molecular formula is C14H18N2O3. The zero-order chi connectivity index (χ0) is 14.0. The molecule has 2 atom stereocenters. The van der Waals surface area contributed by atoms with E-state index in [1.54, 1.807) is 18.2 Å². The minimum Gasteiger partial charge on any atom is -0.378 e. The molecule has 0 bridgehead atoms. The molecule has 5 nitrogen and oxygen atoms in total. The van der Waals surface area contributed by atoms with Crippen LogP contribution >= 0.6 is 0 Å². The van der Waals surface area contributed by atoms with Gasteiger partial charge in [-0.3, -0.25) is 9.59 Å². The Kier molecular flexibility index (Phi) is 3.85. The Bertz CT molecular complexity index is 513. The van der Waals surface area contributed by atoms with Crippen LogP contribution < -0.4 is 11.1 Å². The van der Waals surface area contributed by atoms with Gasteiger partial charge in [-0.25, -0.2) is 0 Å². The van der Waals surface area contributed by atoms with Crippen molar-refractivity contribution in [2.24, 2.45) is 11.7 Å². The maximum Gasteiger partial charge on any atom is 0.248 e. The number of hydrogen-bond acceptors (Lipinski definition) is 3. The molecule has 1 aromatic carbocycles. The maximum absolute atomic E-state index is 12.0. The third-order valence-electron chi connectivity index (χ3n) is 3.23. The van der Waals surface area contributed by atoms with Crippen LogP contribution in [0, 0.1) is 12.8 Å². The molecule has 0 spiro atoms. The van der Waals surface area contributed by atoms with E-state index in [9.17, 15) is 9.59 Å². The van der Waals surface area contributed by atoms with Gasteiger partial charge in [-0.2, -0.15) is 0 Å². The molecule has 1 saturated carbocycles. The molecule has 0 saturated heterocycles. The van der Waals surface area contributed by atoms with Crippen molar-refractivity contribution in [3.05, 3.63) is 29.3 Å². The number of benzene rings is 1. The van der Waals surface area contributed by atoms with Crippen molar-refractivity contribution in [3.63, 3.8) is 0 Å². The second-order valence-corrected chi connectivity index (χ2v) is 4.72. The average Bonchev–Trinajstić information content (AvgIpc) is 3.11. The highest BCUT2D eigenvalue weighted by atomic mass is 16.5. The number of nitrogens with two attached hydrogens (primary N) is 1. The summed E-state index contributed by atoms with van der Waals surface area (Å²) < 4.78 is 5.38. The molecule has 0 aliphatic heterocycles. The number of carbonyl (C=O) groups is 2. The largest absolute Gasteiger partial charge is 0.378 e. The van der Waals surface area contributed by atoms with Crippen LogP contribution in [0.1, 0.15) is 29.3 Å². The molecule has 3 N–H and O–H groups in total. The lowest BCUT2D eigenvalue weighted by Gasteiger charge is -2.09. The predicted octanol–water partition coefficient (Wildman–Crippen LogP) is 1.46. The fraction of sp³-hybridized carbons (Fsp3) is 0.429. The van der Waals surface area contributed by atoms with E-state index >= 15 is 0 Å². The van der Waals surface area contributed by atoms with Crippen LogP contribution in [0.5, 0.6) is 0 Å². The lowest BCUT2D eigenvalue weighted by molar-refractivity contribution is -0.118. The number of amides is 2. The molecule has 1 aliphatic carbocycles. The van der Waals surface area contributed by atoms with Crippen LogP contribution in [-0.2, 0) is 9.53 Å². The summed E-state index contributed by atoms with van der Waals surface area (Å²) in [7, 11) is 0. The molecule has 1 fully saturated rings. The molecule has 102 valence electrons. The quantitative estimate of drug-likeness (QED) is 0.842. The number of hydrogen-bond donors (Lipinski definition) is 2. The summed E-state index contributed by atoms with van der Waals surface area (Å²) in [6.07, 6.45) is 0.790. The maximum atomic E-state index is 12.0. The zero-order valence-electron chi connectivity index (χ0n) is 11.1. The Morgan fingerprint density at radius 2 is 2.21 bits per heavy atom. The van der Waals surface area contributed by atoms with Crippen molar-refractivity contribution in [3.8, 4) is 0 Å². The Hall–Kier alpha value is -1.88. The fourth-order valence-corrected chi connectivity index (χ4v) is 1.98. The van der Waals surface area contributed by atoms with Crippen molar-refractivity contribution >= 4 is 17.5 Å². The molecular weight excluding hydrogens is 244 g/mol. The highest BCUT2D eigenvalue weighted by Crippen LogP contribution is 2.35. The fourth-order valence-electron chi connectivity index (χ4n) is 1.98. The van der Waals surface area contributed by atoms with Gasteiger partial charge < -0.3 is 15.8 Å². The van der Waals surface area contributed by atoms with Gasteiger partial charge in [0.15, 0.2) is 0 Å². The first-order valence-electron chi connectivity index (χ1n) is 6.35. The summed E-state index contributed by atoms with van der Waals surface area (Å²) in [5, 5.41) is 2.83.